The van der Waals surface area contributed by atoms with Gasteiger partial charge in [0.25, 0.3) is 5.91 Å². The van der Waals surface area contributed by atoms with Gasteiger partial charge in [-0.15, -0.1) is 0 Å². The lowest BCUT2D eigenvalue weighted by atomic mass is 9.98. The van der Waals surface area contributed by atoms with Crippen molar-refractivity contribution >= 4 is 15.9 Å². The fraction of sp³-hybridized carbons (Fsp3) is 0.458. The standard InChI is InChI=1S/C24H32N2O4S/c1-16-10-12-26(13-11-16)24(27)22-15-20(7-9-23(22)30-5)31(28,29)25-19(4)21-8-6-17(2)14-18(21)3/h6-9,14-16,19,25H,10-13H2,1-5H3/t19-/m1/s1. The van der Waals surface area contributed by atoms with Gasteiger partial charge in [-0.2, -0.15) is 0 Å². The minimum atomic E-state index is -3.83. The summed E-state index contributed by atoms with van der Waals surface area (Å²) in [5.41, 5.74) is 3.35. The number of amides is 1. The van der Waals surface area contributed by atoms with Crippen LogP contribution in [0.4, 0.5) is 0 Å². The summed E-state index contributed by atoms with van der Waals surface area (Å²) in [6, 6.07) is 9.99. The third-order valence-corrected chi connectivity index (χ3v) is 7.54. The van der Waals surface area contributed by atoms with E-state index in [0.29, 0.717) is 24.8 Å². The third-order valence-electron chi connectivity index (χ3n) is 6.01. The molecule has 0 spiro atoms. The quantitative estimate of drug-likeness (QED) is 0.724. The summed E-state index contributed by atoms with van der Waals surface area (Å²) in [5.74, 6) is 0.779. The van der Waals surface area contributed by atoms with E-state index >= 15 is 0 Å². The van der Waals surface area contributed by atoms with Gasteiger partial charge in [-0.1, -0.05) is 30.7 Å². The molecule has 3 rings (SSSR count). The van der Waals surface area contributed by atoms with Gasteiger partial charge in [0, 0.05) is 19.1 Å². The number of carbonyl (C=O) groups excluding carboxylic acids is 1. The highest BCUT2D eigenvalue weighted by Crippen LogP contribution is 2.27. The average Bonchev–Trinajstić information content (AvgIpc) is 2.72. The average molecular weight is 445 g/mol. The number of likely N-dealkylation sites (tertiary alicyclic amines) is 1. The normalized spacial score (nSPS) is 16.2. The summed E-state index contributed by atoms with van der Waals surface area (Å²) in [6.45, 7) is 9.31. The van der Waals surface area contributed by atoms with E-state index in [0.717, 1.165) is 29.5 Å². The molecule has 0 saturated carbocycles. The molecule has 2 aromatic rings. The maximum Gasteiger partial charge on any atom is 0.257 e. The molecular weight excluding hydrogens is 412 g/mol. The number of nitrogens with one attached hydrogen (secondary N) is 1. The number of ether oxygens (including phenoxy) is 1. The molecule has 0 aliphatic carbocycles. The molecule has 1 fully saturated rings. The Bertz CT molecular complexity index is 1060. The second kappa shape index (κ2) is 9.40. The number of aryl methyl sites for hydroxylation is 2. The van der Waals surface area contributed by atoms with Gasteiger partial charge in [0.15, 0.2) is 0 Å². The van der Waals surface area contributed by atoms with Crippen LogP contribution in [0.2, 0.25) is 0 Å². The van der Waals surface area contributed by atoms with Crippen molar-refractivity contribution in [2.24, 2.45) is 5.92 Å². The highest BCUT2D eigenvalue weighted by atomic mass is 32.2. The molecule has 0 radical (unpaired) electrons. The molecule has 1 N–H and O–H groups in total. The second-order valence-electron chi connectivity index (χ2n) is 8.54. The maximum absolute atomic E-state index is 13.1. The van der Waals surface area contributed by atoms with E-state index in [2.05, 4.69) is 11.6 Å². The summed E-state index contributed by atoms with van der Waals surface area (Å²) in [5, 5.41) is 0. The predicted molar refractivity (Wildman–Crippen MR) is 122 cm³/mol. The fourth-order valence-electron chi connectivity index (χ4n) is 4.08. The van der Waals surface area contributed by atoms with E-state index in [-0.39, 0.29) is 16.4 Å². The van der Waals surface area contributed by atoms with Gasteiger partial charge >= 0.3 is 0 Å². The molecule has 31 heavy (non-hydrogen) atoms. The number of carbonyl (C=O) groups is 1. The molecule has 168 valence electrons. The van der Waals surface area contributed by atoms with Gasteiger partial charge in [-0.25, -0.2) is 13.1 Å². The lowest BCUT2D eigenvalue weighted by Gasteiger charge is -2.30. The van der Waals surface area contributed by atoms with E-state index < -0.39 is 16.1 Å². The van der Waals surface area contributed by atoms with Gasteiger partial charge in [-0.05, 0) is 68.9 Å². The molecule has 2 aromatic carbocycles. The predicted octanol–water partition coefficient (Wildman–Crippen LogP) is 4.22. The van der Waals surface area contributed by atoms with Crippen molar-refractivity contribution in [3.8, 4) is 5.75 Å². The minimum Gasteiger partial charge on any atom is -0.496 e. The molecule has 1 heterocycles. The number of methoxy groups -OCH3 is 1. The molecule has 1 aliphatic rings. The van der Waals surface area contributed by atoms with Crippen molar-refractivity contribution in [2.75, 3.05) is 20.2 Å². The van der Waals surface area contributed by atoms with Crippen LogP contribution in [0.15, 0.2) is 41.3 Å². The molecule has 1 saturated heterocycles. The molecule has 1 atom stereocenters. The van der Waals surface area contributed by atoms with Crippen LogP contribution in [0.5, 0.6) is 5.75 Å². The number of sulfonamides is 1. The zero-order valence-corrected chi connectivity index (χ0v) is 19.8. The summed E-state index contributed by atoms with van der Waals surface area (Å²) < 4.78 is 34.3. The van der Waals surface area contributed by atoms with Gasteiger partial charge in [-0.3, -0.25) is 4.79 Å². The first kappa shape index (κ1) is 23.3. The number of benzene rings is 2. The monoisotopic (exact) mass is 444 g/mol. The highest BCUT2D eigenvalue weighted by molar-refractivity contribution is 7.89. The zero-order valence-electron chi connectivity index (χ0n) is 18.9. The van der Waals surface area contributed by atoms with Crippen molar-refractivity contribution in [1.82, 2.24) is 9.62 Å². The summed E-state index contributed by atoms with van der Waals surface area (Å²) >= 11 is 0. The molecule has 0 unspecified atom stereocenters. The maximum atomic E-state index is 13.1. The van der Waals surface area contributed by atoms with Crippen LogP contribution >= 0.6 is 0 Å². The first-order valence-electron chi connectivity index (χ1n) is 10.7. The summed E-state index contributed by atoms with van der Waals surface area (Å²) in [7, 11) is -2.35. The number of rotatable bonds is 6. The number of nitrogens with zero attached hydrogens (tertiary/aromatic N) is 1. The second-order valence-corrected chi connectivity index (χ2v) is 10.3. The third kappa shape index (κ3) is 5.28. The Hall–Kier alpha value is -2.38. The van der Waals surface area contributed by atoms with Gasteiger partial charge < -0.3 is 9.64 Å². The van der Waals surface area contributed by atoms with E-state index in [1.54, 1.807) is 11.0 Å². The Labute approximate surface area is 185 Å². The van der Waals surface area contributed by atoms with E-state index in [1.807, 2.05) is 39.0 Å². The smallest absolute Gasteiger partial charge is 0.257 e. The fourth-order valence-corrected chi connectivity index (χ4v) is 5.33. The van der Waals surface area contributed by atoms with Crippen LogP contribution < -0.4 is 9.46 Å². The van der Waals surface area contributed by atoms with Crippen molar-refractivity contribution < 1.29 is 17.9 Å². The van der Waals surface area contributed by atoms with Crippen LogP contribution in [0.3, 0.4) is 0 Å². The highest BCUT2D eigenvalue weighted by Gasteiger charge is 2.27. The molecular formula is C24H32N2O4S. The van der Waals surface area contributed by atoms with Crippen molar-refractivity contribution in [3.63, 3.8) is 0 Å². The number of hydrogen-bond donors (Lipinski definition) is 1. The first-order valence-corrected chi connectivity index (χ1v) is 12.2. The minimum absolute atomic E-state index is 0.0543. The Morgan fingerprint density at radius 2 is 1.81 bits per heavy atom. The van der Waals surface area contributed by atoms with Crippen LogP contribution in [0, 0.1) is 19.8 Å². The van der Waals surface area contributed by atoms with E-state index in [9.17, 15) is 13.2 Å². The molecule has 7 heteroatoms. The lowest BCUT2D eigenvalue weighted by molar-refractivity contribution is 0.0693. The Morgan fingerprint density at radius 3 is 2.42 bits per heavy atom. The zero-order chi connectivity index (χ0) is 22.8. The Kier molecular flexibility index (Phi) is 7.06. The van der Waals surface area contributed by atoms with Crippen LogP contribution in [0.1, 0.15) is 59.8 Å². The number of hydrogen-bond acceptors (Lipinski definition) is 4. The van der Waals surface area contributed by atoms with Gasteiger partial charge in [0.05, 0.1) is 17.6 Å². The number of piperidine rings is 1. The molecule has 6 nitrogen and oxygen atoms in total. The summed E-state index contributed by atoms with van der Waals surface area (Å²) in [6.07, 6.45) is 1.89. The molecule has 0 bridgehead atoms. The largest absolute Gasteiger partial charge is 0.496 e. The Morgan fingerprint density at radius 1 is 1.13 bits per heavy atom. The first-order chi connectivity index (χ1) is 14.6. The van der Waals surface area contributed by atoms with Gasteiger partial charge in [0.2, 0.25) is 10.0 Å². The molecule has 1 aliphatic heterocycles. The lowest BCUT2D eigenvalue weighted by Crippen LogP contribution is -2.38. The molecule has 0 aromatic heterocycles. The van der Waals surface area contributed by atoms with Crippen molar-refractivity contribution in [3.05, 3.63) is 58.7 Å². The molecule has 1 amide bonds. The van der Waals surface area contributed by atoms with Crippen LogP contribution in [-0.2, 0) is 10.0 Å². The van der Waals surface area contributed by atoms with Crippen molar-refractivity contribution in [2.45, 2.75) is 51.5 Å². The van der Waals surface area contributed by atoms with Crippen LogP contribution in [-0.4, -0.2) is 39.4 Å². The topological polar surface area (TPSA) is 75.7 Å². The van der Waals surface area contributed by atoms with Crippen molar-refractivity contribution in [1.29, 1.82) is 0 Å². The van der Waals surface area contributed by atoms with Crippen LogP contribution in [0.25, 0.3) is 0 Å². The van der Waals surface area contributed by atoms with E-state index in [4.69, 9.17) is 4.74 Å². The summed E-state index contributed by atoms with van der Waals surface area (Å²) in [4.78, 5) is 14.9. The van der Waals surface area contributed by atoms with E-state index in [1.165, 1.54) is 19.2 Å². The SMILES string of the molecule is COc1ccc(S(=O)(=O)N[C@H](C)c2ccc(C)cc2C)cc1C(=O)N1CCC(C)CC1. The van der Waals surface area contributed by atoms with Gasteiger partial charge in [0.1, 0.15) is 5.75 Å². The Balaban J connectivity index is 1.87.